The smallest absolute Gasteiger partial charge is 0.133 e. The van der Waals surface area contributed by atoms with Gasteiger partial charge in [0, 0.05) is 30.8 Å². The predicted octanol–water partition coefficient (Wildman–Crippen LogP) is 2.39. The van der Waals surface area contributed by atoms with Crippen LogP contribution in [0.2, 0.25) is 0 Å². The molecule has 2 unspecified atom stereocenters. The van der Waals surface area contributed by atoms with Crippen molar-refractivity contribution in [3.05, 3.63) is 41.7 Å². The molecule has 0 radical (unpaired) electrons. The van der Waals surface area contributed by atoms with Crippen LogP contribution in [0.4, 0.5) is 0 Å². The molecule has 1 saturated heterocycles. The molecule has 2 aliphatic rings. The quantitative estimate of drug-likeness (QED) is 0.816. The first-order chi connectivity index (χ1) is 10.8. The van der Waals surface area contributed by atoms with Gasteiger partial charge in [-0.25, -0.2) is 0 Å². The lowest BCUT2D eigenvalue weighted by molar-refractivity contribution is -0.109. The standard InChI is InChI=1S/C18H21N3O/c1-20-12-15(11-19-20)13-4-5-14-10-18-16(17(14)9-13)3-2-6-21(18)7-8-22/h4-5,8-9,11-12,16,18H,2-3,6-7,10H2,1H3. The summed E-state index contributed by atoms with van der Waals surface area (Å²) in [7, 11) is 1.95. The molecule has 4 nitrogen and oxygen atoms in total. The number of carbonyl (C=O) groups is 1. The van der Waals surface area contributed by atoms with Crippen LogP contribution in [-0.2, 0) is 18.3 Å². The Balaban J connectivity index is 1.68. The first kappa shape index (κ1) is 13.7. The molecule has 4 heteroatoms. The number of fused-ring (bicyclic) bond motifs is 3. The number of benzene rings is 1. The van der Waals surface area contributed by atoms with E-state index in [-0.39, 0.29) is 0 Å². The van der Waals surface area contributed by atoms with Gasteiger partial charge in [-0.05, 0) is 42.5 Å². The molecule has 0 N–H and O–H groups in total. The summed E-state index contributed by atoms with van der Waals surface area (Å²) >= 11 is 0. The second kappa shape index (κ2) is 5.36. The largest absolute Gasteiger partial charge is 0.302 e. The van der Waals surface area contributed by atoms with Gasteiger partial charge in [-0.3, -0.25) is 9.58 Å². The lowest BCUT2D eigenvalue weighted by Gasteiger charge is -2.36. The molecular formula is C18H21N3O. The third-order valence-electron chi connectivity index (χ3n) is 5.22. The van der Waals surface area contributed by atoms with E-state index in [4.69, 9.17) is 0 Å². The van der Waals surface area contributed by atoms with E-state index in [0.29, 0.717) is 18.5 Å². The van der Waals surface area contributed by atoms with Crippen molar-refractivity contribution in [2.45, 2.75) is 31.2 Å². The van der Waals surface area contributed by atoms with E-state index >= 15 is 0 Å². The van der Waals surface area contributed by atoms with Crippen molar-refractivity contribution in [3.8, 4) is 11.1 Å². The highest BCUT2D eigenvalue weighted by atomic mass is 16.1. The van der Waals surface area contributed by atoms with Crippen molar-refractivity contribution in [1.82, 2.24) is 14.7 Å². The maximum Gasteiger partial charge on any atom is 0.133 e. The number of likely N-dealkylation sites (tertiary alicyclic amines) is 1. The number of aromatic nitrogens is 2. The van der Waals surface area contributed by atoms with E-state index in [0.717, 1.165) is 19.3 Å². The van der Waals surface area contributed by atoms with Crippen LogP contribution >= 0.6 is 0 Å². The number of hydrogen-bond donors (Lipinski definition) is 0. The molecule has 0 saturated carbocycles. The second-order valence-corrected chi connectivity index (χ2v) is 6.50. The fourth-order valence-corrected chi connectivity index (χ4v) is 4.18. The van der Waals surface area contributed by atoms with Gasteiger partial charge in [0.2, 0.25) is 0 Å². The van der Waals surface area contributed by atoms with Gasteiger partial charge in [0.1, 0.15) is 6.29 Å². The Hall–Kier alpha value is -1.94. The Labute approximate surface area is 130 Å². The summed E-state index contributed by atoms with van der Waals surface area (Å²) in [5.41, 5.74) is 5.37. The summed E-state index contributed by atoms with van der Waals surface area (Å²) in [6.45, 7) is 1.63. The van der Waals surface area contributed by atoms with Crippen LogP contribution in [0, 0.1) is 0 Å². The minimum Gasteiger partial charge on any atom is -0.302 e. The molecule has 0 amide bonds. The van der Waals surface area contributed by atoms with Crippen LogP contribution < -0.4 is 0 Å². The van der Waals surface area contributed by atoms with Crippen LogP contribution in [0.5, 0.6) is 0 Å². The van der Waals surface area contributed by atoms with Gasteiger partial charge in [0.05, 0.1) is 12.7 Å². The second-order valence-electron chi connectivity index (χ2n) is 6.50. The van der Waals surface area contributed by atoms with Gasteiger partial charge < -0.3 is 4.79 Å². The van der Waals surface area contributed by atoms with Gasteiger partial charge in [-0.15, -0.1) is 0 Å². The summed E-state index contributed by atoms with van der Waals surface area (Å²) in [5.74, 6) is 0.584. The average Bonchev–Trinajstić information content (AvgIpc) is 3.11. The minimum atomic E-state index is 0.512. The third kappa shape index (κ3) is 2.18. The third-order valence-corrected chi connectivity index (χ3v) is 5.22. The van der Waals surface area contributed by atoms with Crippen LogP contribution in [0.3, 0.4) is 0 Å². The number of aldehydes is 1. The number of hydrogen-bond acceptors (Lipinski definition) is 3. The monoisotopic (exact) mass is 295 g/mol. The number of aryl methyl sites for hydroxylation is 1. The van der Waals surface area contributed by atoms with Crippen LogP contribution in [0.25, 0.3) is 11.1 Å². The normalized spacial score (nSPS) is 24.0. The van der Waals surface area contributed by atoms with Gasteiger partial charge in [-0.1, -0.05) is 18.2 Å². The zero-order valence-corrected chi connectivity index (χ0v) is 12.9. The molecule has 2 heterocycles. The van der Waals surface area contributed by atoms with Crippen molar-refractivity contribution < 1.29 is 4.79 Å². The molecule has 114 valence electrons. The van der Waals surface area contributed by atoms with Crippen molar-refractivity contribution in [1.29, 1.82) is 0 Å². The average molecular weight is 295 g/mol. The van der Waals surface area contributed by atoms with Gasteiger partial charge in [0.15, 0.2) is 0 Å². The van der Waals surface area contributed by atoms with Gasteiger partial charge >= 0.3 is 0 Å². The summed E-state index contributed by atoms with van der Waals surface area (Å²) < 4.78 is 1.85. The Morgan fingerprint density at radius 3 is 3.05 bits per heavy atom. The molecule has 1 aromatic heterocycles. The predicted molar refractivity (Wildman–Crippen MR) is 85.7 cm³/mol. The van der Waals surface area contributed by atoms with Gasteiger partial charge in [-0.2, -0.15) is 5.10 Å². The van der Waals surface area contributed by atoms with Crippen LogP contribution in [0.1, 0.15) is 29.9 Å². The lowest BCUT2D eigenvalue weighted by Crippen LogP contribution is -2.43. The Kier molecular flexibility index (Phi) is 3.34. The highest BCUT2D eigenvalue weighted by Crippen LogP contribution is 2.43. The highest BCUT2D eigenvalue weighted by molar-refractivity contribution is 5.64. The molecule has 2 atom stereocenters. The number of carbonyl (C=O) groups excluding carboxylic acids is 1. The number of piperidine rings is 1. The molecule has 0 bridgehead atoms. The fourth-order valence-electron chi connectivity index (χ4n) is 4.18. The zero-order valence-electron chi connectivity index (χ0n) is 12.9. The van der Waals surface area contributed by atoms with Crippen molar-refractivity contribution in [2.24, 2.45) is 7.05 Å². The Bertz CT molecular complexity index is 706. The first-order valence-corrected chi connectivity index (χ1v) is 8.06. The van der Waals surface area contributed by atoms with Crippen molar-refractivity contribution >= 4 is 6.29 Å². The molecule has 2 aromatic rings. The van der Waals surface area contributed by atoms with Crippen LogP contribution in [-0.4, -0.2) is 40.1 Å². The maximum absolute atomic E-state index is 10.9. The fraction of sp³-hybridized carbons (Fsp3) is 0.444. The Morgan fingerprint density at radius 2 is 2.27 bits per heavy atom. The van der Waals surface area contributed by atoms with Gasteiger partial charge in [0.25, 0.3) is 0 Å². The topological polar surface area (TPSA) is 38.1 Å². The minimum absolute atomic E-state index is 0.512. The number of rotatable bonds is 3. The summed E-state index contributed by atoms with van der Waals surface area (Å²) in [4.78, 5) is 13.3. The summed E-state index contributed by atoms with van der Waals surface area (Å²) in [5, 5.41) is 4.27. The van der Waals surface area contributed by atoms with Crippen molar-refractivity contribution in [2.75, 3.05) is 13.1 Å². The molecule has 1 aromatic carbocycles. The summed E-state index contributed by atoms with van der Waals surface area (Å²) in [6, 6.07) is 7.34. The molecule has 1 aliphatic carbocycles. The van der Waals surface area contributed by atoms with E-state index < -0.39 is 0 Å². The van der Waals surface area contributed by atoms with E-state index in [1.54, 1.807) is 0 Å². The molecule has 4 rings (SSSR count). The SMILES string of the molecule is Cn1cc(-c2ccc3c(c2)C2CCCN(CC=O)C2C3)cn1. The first-order valence-electron chi connectivity index (χ1n) is 8.06. The molecular weight excluding hydrogens is 274 g/mol. The van der Waals surface area contributed by atoms with Crippen molar-refractivity contribution in [3.63, 3.8) is 0 Å². The molecule has 22 heavy (non-hydrogen) atoms. The molecule has 1 aliphatic heterocycles. The number of nitrogens with zero attached hydrogens (tertiary/aromatic N) is 3. The highest BCUT2D eigenvalue weighted by Gasteiger charge is 2.38. The Morgan fingerprint density at radius 1 is 1.36 bits per heavy atom. The molecule has 0 spiro atoms. The summed E-state index contributed by atoms with van der Waals surface area (Å²) in [6.07, 6.45) is 8.55. The lowest BCUT2D eigenvalue weighted by atomic mass is 9.88. The maximum atomic E-state index is 10.9. The van der Waals surface area contributed by atoms with E-state index in [2.05, 4.69) is 34.4 Å². The van der Waals surface area contributed by atoms with E-state index in [9.17, 15) is 4.79 Å². The zero-order chi connectivity index (χ0) is 15.1. The van der Waals surface area contributed by atoms with Crippen LogP contribution in [0.15, 0.2) is 30.6 Å². The molecule has 1 fully saturated rings. The van der Waals surface area contributed by atoms with E-state index in [1.165, 1.54) is 35.1 Å². The van der Waals surface area contributed by atoms with E-state index in [1.807, 2.05) is 17.9 Å².